The van der Waals surface area contributed by atoms with Crippen molar-refractivity contribution in [3.63, 3.8) is 0 Å². The number of carbonyl (C=O) groups is 1. The van der Waals surface area contributed by atoms with E-state index in [4.69, 9.17) is 10.5 Å². The van der Waals surface area contributed by atoms with Gasteiger partial charge < -0.3 is 20.7 Å². The number of nitrogens with one attached hydrogen (secondary N) is 1. The summed E-state index contributed by atoms with van der Waals surface area (Å²) in [6, 6.07) is 4.84. The molecule has 1 aromatic carbocycles. The second-order valence-electron chi connectivity index (χ2n) is 5.57. The third kappa shape index (κ3) is 3.99. The Balaban J connectivity index is 0.00000161. The van der Waals surface area contributed by atoms with E-state index in [1.54, 1.807) is 6.07 Å². The van der Waals surface area contributed by atoms with Crippen LogP contribution in [0.15, 0.2) is 6.07 Å². The van der Waals surface area contributed by atoms with Crippen LogP contribution in [-0.4, -0.2) is 43.6 Å². The van der Waals surface area contributed by atoms with Gasteiger partial charge in [-0.1, -0.05) is 11.3 Å². The molecule has 2 aliphatic rings. The molecule has 0 unspecified atom stereocenters. The number of nitrogens with two attached hydrogens (primary N) is 1. The molecule has 0 spiro atoms. The number of rotatable bonds is 2. The molecule has 0 aromatic heterocycles. The number of likely N-dealkylation sites (tertiary alicyclic amines) is 1. The summed E-state index contributed by atoms with van der Waals surface area (Å²) in [4.78, 5) is 14.7. The first-order valence-electron chi connectivity index (χ1n) is 7.10. The third-order valence-electron chi connectivity index (χ3n) is 4.11. The number of nitrogens with zero attached hydrogens (tertiary/aromatic N) is 1. The van der Waals surface area contributed by atoms with Crippen molar-refractivity contribution >= 4 is 11.6 Å². The van der Waals surface area contributed by atoms with Crippen molar-refractivity contribution in [3.05, 3.63) is 23.3 Å². The molecule has 3 N–H and O–H groups in total. The van der Waals surface area contributed by atoms with Crippen molar-refractivity contribution in [1.29, 1.82) is 0 Å². The normalized spacial score (nSPS) is 18.5. The molecule has 2 heterocycles. The maximum Gasteiger partial charge on any atom is 1.00 e. The summed E-state index contributed by atoms with van der Waals surface area (Å²) in [5.74, 6) is 0.570. The van der Waals surface area contributed by atoms with Crippen LogP contribution in [0.1, 0.15) is 28.8 Å². The van der Waals surface area contributed by atoms with Crippen LogP contribution in [0, 0.1) is 6.07 Å². The fraction of sp³-hybridized carbons (Fsp3) is 0.533. The number of anilines is 1. The first kappa shape index (κ1) is 17.7. The van der Waals surface area contributed by atoms with Gasteiger partial charge in [0.05, 0.1) is 6.61 Å². The third-order valence-corrected chi connectivity index (χ3v) is 4.11. The molecular formula is C15H20CsN3O2. The zero-order valence-electron chi connectivity index (χ0n) is 12.7. The van der Waals surface area contributed by atoms with Gasteiger partial charge in [-0.15, -0.1) is 0 Å². The number of fused-ring (bicyclic) bond motifs is 1. The standard InChI is InChI=1S/C15H20N3O2.Cs/c1-18-7-4-10(5-8-18)17-15(19)12-2-3-13(16)11-6-9-20-14(11)12;/h2,10H,4-9,16H2,1H3,(H,17,19);/q-1;+1. The second kappa shape index (κ2) is 7.72. The topological polar surface area (TPSA) is 67.6 Å². The summed E-state index contributed by atoms with van der Waals surface area (Å²) in [6.45, 7) is 2.63. The van der Waals surface area contributed by atoms with Gasteiger partial charge >= 0.3 is 68.9 Å². The van der Waals surface area contributed by atoms with Crippen LogP contribution in [0.2, 0.25) is 0 Å². The summed E-state index contributed by atoms with van der Waals surface area (Å²) in [5, 5.41) is 3.10. The SMILES string of the molecule is CN1CCC(NC(=O)c2c[c-]c(N)c3c2OCC3)CC1.[Cs+]. The Kier molecular flexibility index (Phi) is 6.49. The van der Waals surface area contributed by atoms with Gasteiger partial charge in [0.1, 0.15) is 0 Å². The van der Waals surface area contributed by atoms with Crippen molar-refractivity contribution < 1.29 is 78.4 Å². The molecule has 1 aromatic rings. The van der Waals surface area contributed by atoms with Gasteiger partial charge in [0.15, 0.2) is 5.91 Å². The quantitative estimate of drug-likeness (QED) is 0.433. The van der Waals surface area contributed by atoms with E-state index in [1.165, 1.54) is 0 Å². The molecule has 5 nitrogen and oxygen atoms in total. The fourth-order valence-corrected chi connectivity index (χ4v) is 2.84. The average Bonchev–Trinajstić information content (AvgIpc) is 2.92. The Hall–Kier alpha value is 0.302. The van der Waals surface area contributed by atoms with Crippen LogP contribution in [0.3, 0.4) is 0 Å². The number of piperidine rings is 1. The fourth-order valence-electron chi connectivity index (χ4n) is 2.84. The maximum atomic E-state index is 12.4. The molecule has 0 atom stereocenters. The molecule has 0 aliphatic carbocycles. The predicted octanol–water partition coefficient (Wildman–Crippen LogP) is -2.17. The smallest absolute Gasteiger partial charge is 0.519 e. The predicted molar refractivity (Wildman–Crippen MR) is 76.9 cm³/mol. The number of benzene rings is 1. The van der Waals surface area contributed by atoms with Crippen molar-refractivity contribution in [2.75, 3.05) is 32.5 Å². The van der Waals surface area contributed by atoms with E-state index in [0.29, 0.717) is 23.6 Å². The van der Waals surface area contributed by atoms with E-state index in [-0.39, 0.29) is 80.8 Å². The molecule has 0 saturated carbocycles. The van der Waals surface area contributed by atoms with Crippen LogP contribution in [0.4, 0.5) is 5.69 Å². The molecule has 21 heavy (non-hydrogen) atoms. The molecule has 1 saturated heterocycles. The van der Waals surface area contributed by atoms with E-state index < -0.39 is 0 Å². The number of ether oxygens (including phenoxy) is 1. The molecule has 2 aliphatic heterocycles. The van der Waals surface area contributed by atoms with Crippen LogP contribution < -0.4 is 84.7 Å². The largest absolute Gasteiger partial charge is 1.00 e. The van der Waals surface area contributed by atoms with Crippen LogP contribution in [0.25, 0.3) is 0 Å². The van der Waals surface area contributed by atoms with Gasteiger partial charge in [-0.3, -0.25) is 4.79 Å². The Morgan fingerprint density at radius 1 is 1.48 bits per heavy atom. The summed E-state index contributed by atoms with van der Waals surface area (Å²) in [7, 11) is 2.10. The molecule has 0 radical (unpaired) electrons. The van der Waals surface area contributed by atoms with Crippen LogP contribution in [0.5, 0.6) is 5.75 Å². The van der Waals surface area contributed by atoms with Crippen LogP contribution in [-0.2, 0) is 6.42 Å². The summed E-state index contributed by atoms with van der Waals surface area (Å²) < 4.78 is 5.57. The van der Waals surface area contributed by atoms with Gasteiger partial charge in [-0.05, 0) is 45.0 Å². The molecule has 1 fully saturated rings. The number of amides is 1. The van der Waals surface area contributed by atoms with Crippen molar-refractivity contribution in [2.45, 2.75) is 25.3 Å². The van der Waals surface area contributed by atoms with Crippen molar-refractivity contribution in [2.24, 2.45) is 0 Å². The summed E-state index contributed by atoms with van der Waals surface area (Å²) in [5.41, 5.74) is 7.94. The number of carbonyl (C=O) groups excluding carboxylic acids is 1. The zero-order chi connectivity index (χ0) is 14.1. The van der Waals surface area contributed by atoms with E-state index in [9.17, 15) is 4.79 Å². The minimum absolute atomic E-state index is 0. The molecule has 1 amide bonds. The minimum atomic E-state index is -0.0750. The van der Waals surface area contributed by atoms with Gasteiger partial charge in [0, 0.05) is 11.8 Å². The molecule has 108 valence electrons. The Morgan fingerprint density at radius 3 is 2.90 bits per heavy atom. The molecule has 3 rings (SSSR count). The van der Waals surface area contributed by atoms with E-state index >= 15 is 0 Å². The monoisotopic (exact) mass is 407 g/mol. The zero-order valence-corrected chi connectivity index (χ0v) is 19.0. The first-order valence-corrected chi connectivity index (χ1v) is 7.10. The molecule has 0 bridgehead atoms. The van der Waals surface area contributed by atoms with E-state index in [0.717, 1.165) is 37.9 Å². The van der Waals surface area contributed by atoms with Crippen molar-refractivity contribution in [1.82, 2.24) is 10.2 Å². The van der Waals surface area contributed by atoms with E-state index in [1.807, 2.05) is 0 Å². The van der Waals surface area contributed by atoms with Crippen LogP contribution >= 0.6 is 0 Å². The van der Waals surface area contributed by atoms with Gasteiger partial charge in [0.25, 0.3) is 0 Å². The summed E-state index contributed by atoms with van der Waals surface area (Å²) >= 11 is 0. The Morgan fingerprint density at radius 2 is 2.19 bits per heavy atom. The maximum absolute atomic E-state index is 12.4. The Bertz CT molecular complexity index is 528. The minimum Gasteiger partial charge on any atom is -0.519 e. The van der Waals surface area contributed by atoms with Gasteiger partial charge in [0.2, 0.25) is 0 Å². The number of nitrogen functional groups attached to an aromatic ring is 1. The van der Waals surface area contributed by atoms with Gasteiger partial charge in [-0.25, -0.2) is 0 Å². The Labute approximate surface area is 184 Å². The van der Waals surface area contributed by atoms with Crippen molar-refractivity contribution in [3.8, 4) is 5.75 Å². The summed E-state index contributed by atoms with van der Waals surface area (Å²) in [6.07, 6.45) is 2.74. The van der Waals surface area contributed by atoms with E-state index in [2.05, 4.69) is 23.3 Å². The number of hydrogen-bond donors (Lipinski definition) is 2. The molecular weight excluding hydrogens is 387 g/mol. The van der Waals surface area contributed by atoms with Gasteiger partial charge in [-0.2, -0.15) is 12.1 Å². The average molecular weight is 407 g/mol. The first-order chi connectivity index (χ1) is 9.65. The number of hydrogen-bond acceptors (Lipinski definition) is 4. The molecule has 6 heteroatoms. The second-order valence-corrected chi connectivity index (χ2v) is 5.57.